The van der Waals surface area contributed by atoms with Crippen molar-refractivity contribution in [1.29, 1.82) is 0 Å². The molecule has 0 fully saturated rings. The van der Waals surface area contributed by atoms with Crippen LogP contribution in [-0.4, -0.2) is 0 Å². The molecule has 0 nitrogen and oxygen atoms in total. The lowest BCUT2D eigenvalue weighted by Crippen LogP contribution is -2.26. The monoisotopic (exact) mass is 466 g/mol. The fraction of sp³-hybridized carbons (Fsp3) is 0.0270. The zero-order valence-corrected chi connectivity index (χ0v) is 20.2. The quantitative estimate of drug-likeness (QED) is 0.209. The second-order valence-corrected chi connectivity index (χ2v) is 10.5. The van der Waals surface area contributed by atoms with Crippen molar-refractivity contribution in [3.8, 4) is 55.6 Å². The molecule has 37 heavy (non-hydrogen) atoms. The highest BCUT2D eigenvalue weighted by Crippen LogP contribution is 2.63. The second kappa shape index (κ2) is 6.75. The third-order valence-corrected chi connectivity index (χ3v) is 8.86. The molecule has 0 heterocycles. The smallest absolute Gasteiger partial charge is 0.0619 e. The van der Waals surface area contributed by atoms with Crippen LogP contribution in [0.1, 0.15) is 22.3 Å². The highest BCUT2D eigenvalue weighted by Gasteiger charge is 2.51. The summed E-state index contributed by atoms with van der Waals surface area (Å²) in [7, 11) is 0. The van der Waals surface area contributed by atoms with Crippen LogP contribution in [0.15, 0.2) is 133 Å². The first kappa shape index (κ1) is 19.5. The van der Waals surface area contributed by atoms with E-state index in [0.29, 0.717) is 0 Å². The van der Waals surface area contributed by atoms with E-state index in [1.807, 2.05) is 0 Å². The summed E-state index contributed by atoms with van der Waals surface area (Å²) >= 11 is 0. The largest absolute Gasteiger partial charge is 0.0725 e. The molecule has 0 N–H and O–H groups in total. The van der Waals surface area contributed by atoms with Crippen LogP contribution >= 0.6 is 0 Å². The zero-order valence-electron chi connectivity index (χ0n) is 20.2. The van der Waals surface area contributed by atoms with Gasteiger partial charge in [0.1, 0.15) is 0 Å². The molecule has 9 rings (SSSR count). The molecule has 0 atom stereocenters. The van der Waals surface area contributed by atoms with Crippen molar-refractivity contribution in [2.24, 2.45) is 0 Å². The average molecular weight is 467 g/mol. The highest BCUT2D eigenvalue weighted by atomic mass is 14.5. The molecule has 0 heteroatoms. The summed E-state index contributed by atoms with van der Waals surface area (Å²) in [6.07, 6.45) is 0. The molecule has 3 aliphatic rings. The Kier molecular flexibility index (Phi) is 3.56. The normalized spacial score (nSPS) is 14.2. The predicted octanol–water partition coefficient (Wildman–Crippen LogP) is 9.34. The van der Waals surface area contributed by atoms with Gasteiger partial charge < -0.3 is 0 Å². The second-order valence-electron chi connectivity index (χ2n) is 10.5. The SMILES string of the molecule is c1ccc2c(c1)-c1ccc3c(c1)C1(c4ccccc4-c4ccccc41)c1cc(ccc1-3)-c1ccccc1-2. The van der Waals surface area contributed by atoms with Gasteiger partial charge in [-0.15, -0.1) is 0 Å². The molecule has 0 radical (unpaired) electrons. The van der Waals surface area contributed by atoms with Crippen molar-refractivity contribution in [3.05, 3.63) is 156 Å². The van der Waals surface area contributed by atoms with E-state index < -0.39 is 0 Å². The summed E-state index contributed by atoms with van der Waals surface area (Å²) in [5.41, 5.74) is 18.4. The number of benzene rings is 6. The van der Waals surface area contributed by atoms with Gasteiger partial charge in [0.15, 0.2) is 0 Å². The molecule has 0 saturated heterocycles. The minimum atomic E-state index is -0.321. The van der Waals surface area contributed by atoms with Gasteiger partial charge in [-0.05, 0) is 90.0 Å². The van der Waals surface area contributed by atoms with Gasteiger partial charge in [-0.1, -0.05) is 121 Å². The van der Waals surface area contributed by atoms with E-state index in [2.05, 4.69) is 133 Å². The van der Waals surface area contributed by atoms with Crippen LogP contribution in [0.2, 0.25) is 0 Å². The van der Waals surface area contributed by atoms with Crippen molar-refractivity contribution < 1.29 is 0 Å². The summed E-state index contributed by atoms with van der Waals surface area (Å²) in [5.74, 6) is 0. The number of hydrogen-bond donors (Lipinski definition) is 0. The average Bonchev–Trinajstić information content (AvgIpc) is 3.43. The first-order chi connectivity index (χ1) is 18.4. The summed E-state index contributed by atoms with van der Waals surface area (Å²) in [6.45, 7) is 0. The van der Waals surface area contributed by atoms with Crippen molar-refractivity contribution in [2.75, 3.05) is 0 Å². The standard InChI is InChI=1S/C37H22/c1-3-11-27-25(9-1)23-17-19-31-32-20-18-24(26-10-2-4-12-28(26)27)22-36(32)37(35(31)21-23)33-15-7-5-13-29(33)30-14-6-8-16-34(30)37/h1-22H. The lowest BCUT2D eigenvalue weighted by atomic mass is 9.70. The van der Waals surface area contributed by atoms with Gasteiger partial charge in [0.05, 0.1) is 5.41 Å². The Morgan fingerprint density at radius 2 is 0.622 bits per heavy atom. The van der Waals surface area contributed by atoms with E-state index in [-0.39, 0.29) is 5.41 Å². The number of hydrogen-bond acceptors (Lipinski definition) is 0. The maximum Gasteiger partial charge on any atom is 0.0725 e. The topological polar surface area (TPSA) is 0 Å². The van der Waals surface area contributed by atoms with Crippen LogP contribution < -0.4 is 0 Å². The van der Waals surface area contributed by atoms with E-state index >= 15 is 0 Å². The van der Waals surface area contributed by atoms with Crippen molar-refractivity contribution in [1.82, 2.24) is 0 Å². The van der Waals surface area contributed by atoms with Crippen LogP contribution in [0.25, 0.3) is 55.6 Å². The Hall–Kier alpha value is -4.68. The third-order valence-electron chi connectivity index (χ3n) is 8.86. The van der Waals surface area contributed by atoms with Gasteiger partial charge in [-0.2, -0.15) is 0 Å². The Morgan fingerprint density at radius 1 is 0.270 bits per heavy atom. The number of rotatable bonds is 0. The molecule has 170 valence electrons. The summed E-state index contributed by atoms with van der Waals surface area (Å²) in [5, 5.41) is 0. The van der Waals surface area contributed by atoms with Gasteiger partial charge in [0.2, 0.25) is 0 Å². The Balaban J connectivity index is 1.54. The molecule has 4 bridgehead atoms. The van der Waals surface area contributed by atoms with Crippen LogP contribution in [0, 0.1) is 0 Å². The summed E-state index contributed by atoms with van der Waals surface area (Å²) in [4.78, 5) is 0. The van der Waals surface area contributed by atoms with Gasteiger partial charge >= 0.3 is 0 Å². The zero-order chi connectivity index (χ0) is 24.1. The van der Waals surface area contributed by atoms with E-state index in [0.717, 1.165) is 0 Å². The van der Waals surface area contributed by atoms with Crippen LogP contribution in [0.5, 0.6) is 0 Å². The predicted molar refractivity (Wildman–Crippen MR) is 153 cm³/mol. The van der Waals surface area contributed by atoms with Crippen LogP contribution in [0.4, 0.5) is 0 Å². The third kappa shape index (κ3) is 2.25. The van der Waals surface area contributed by atoms with E-state index in [4.69, 9.17) is 0 Å². The minimum absolute atomic E-state index is 0.321. The molecule has 0 unspecified atom stereocenters. The lowest BCUT2D eigenvalue weighted by molar-refractivity contribution is 0.794. The van der Waals surface area contributed by atoms with Crippen molar-refractivity contribution in [2.45, 2.75) is 5.41 Å². The van der Waals surface area contributed by atoms with Crippen molar-refractivity contribution in [3.63, 3.8) is 0 Å². The molecule has 6 aromatic rings. The maximum absolute atomic E-state index is 2.49. The van der Waals surface area contributed by atoms with Gasteiger partial charge in [-0.3, -0.25) is 0 Å². The maximum atomic E-state index is 2.49. The Labute approximate surface area is 216 Å². The molecule has 0 aliphatic heterocycles. The molecule has 1 spiro atoms. The Morgan fingerprint density at radius 3 is 1.08 bits per heavy atom. The molecule has 3 aliphatic carbocycles. The van der Waals surface area contributed by atoms with Crippen molar-refractivity contribution >= 4 is 0 Å². The number of fused-ring (bicyclic) bond motifs is 11. The molecule has 0 amide bonds. The summed E-state index contributed by atoms with van der Waals surface area (Å²) in [6, 6.07) is 50.2. The minimum Gasteiger partial charge on any atom is -0.0619 e. The first-order valence-electron chi connectivity index (χ1n) is 13.0. The van der Waals surface area contributed by atoms with Crippen LogP contribution in [-0.2, 0) is 5.41 Å². The lowest BCUT2D eigenvalue weighted by Gasteiger charge is -2.31. The summed E-state index contributed by atoms with van der Waals surface area (Å²) < 4.78 is 0. The molecule has 0 aromatic heterocycles. The molecule has 6 aromatic carbocycles. The van der Waals surface area contributed by atoms with E-state index in [1.165, 1.54) is 77.9 Å². The van der Waals surface area contributed by atoms with Gasteiger partial charge in [0.25, 0.3) is 0 Å². The van der Waals surface area contributed by atoms with Gasteiger partial charge in [-0.25, -0.2) is 0 Å². The van der Waals surface area contributed by atoms with E-state index in [1.54, 1.807) is 0 Å². The molecular formula is C37H22. The van der Waals surface area contributed by atoms with Crippen LogP contribution in [0.3, 0.4) is 0 Å². The molecule has 0 saturated carbocycles. The Bertz CT molecular complexity index is 1790. The fourth-order valence-corrected chi connectivity index (χ4v) is 7.41. The highest BCUT2D eigenvalue weighted by molar-refractivity contribution is 6.00. The van der Waals surface area contributed by atoms with Gasteiger partial charge in [0, 0.05) is 0 Å². The molecular weight excluding hydrogens is 444 g/mol. The fourth-order valence-electron chi connectivity index (χ4n) is 7.41. The first-order valence-corrected chi connectivity index (χ1v) is 13.0. The van der Waals surface area contributed by atoms with E-state index in [9.17, 15) is 0 Å².